The van der Waals surface area contributed by atoms with Gasteiger partial charge in [0.05, 0.1) is 13.7 Å². The van der Waals surface area contributed by atoms with Gasteiger partial charge in [-0.1, -0.05) is 26.0 Å². The second-order valence-corrected chi connectivity index (χ2v) is 4.63. The summed E-state index contributed by atoms with van der Waals surface area (Å²) in [4.78, 5) is 12.4. The van der Waals surface area contributed by atoms with Crippen molar-refractivity contribution in [3.8, 4) is 5.75 Å². The van der Waals surface area contributed by atoms with Gasteiger partial charge in [-0.3, -0.25) is 5.32 Å². The van der Waals surface area contributed by atoms with Crippen LogP contribution in [0.5, 0.6) is 5.75 Å². The number of hydrogen-bond acceptors (Lipinski definition) is 4. The maximum absolute atomic E-state index is 12.4. The van der Waals surface area contributed by atoms with Gasteiger partial charge >= 0.3 is 5.97 Å². The largest absolute Gasteiger partial charge is 0.497 e. The van der Waals surface area contributed by atoms with Gasteiger partial charge in [-0.15, -0.1) is 0 Å². The first kappa shape index (κ1) is 16.5. The molecular weight excluding hydrogens is 254 g/mol. The zero-order valence-corrected chi connectivity index (χ0v) is 12.9. The van der Waals surface area contributed by atoms with Crippen molar-refractivity contribution in [1.29, 1.82) is 0 Å². The van der Waals surface area contributed by atoms with Crippen molar-refractivity contribution in [3.63, 3.8) is 0 Å². The Kier molecular flexibility index (Phi) is 6.52. The van der Waals surface area contributed by atoms with E-state index in [0.29, 0.717) is 13.0 Å². The molecule has 0 heterocycles. The van der Waals surface area contributed by atoms with E-state index in [1.807, 2.05) is 38.1 Å². The van der Waals surface area contributed by atoms with E-state index < -0.39 is 5.54 Å². The molecule has 0 saturated heterocycles. The van der Waals surface area contributed by atoms with Gasteiger partial charge in [0.2, 0.25) is 0 Å². The summed E-state index contributed by atoms with van der Waals surface area (Å²) in [5.41, 5.74) is 0.130. The lowest BCUT2D eigenvalue weighted by molar-refractivity contribution is -0.152. The van der Waals surface area contributed by atoms with Crippen LogP contribution < -0.4 is 10.1 Å². The normalized spacial score (nSPS) is 13.6. The van der Waals surface area contributed by atoms with Crippen molar-refractivity contribution in [2.24, 2.45) is 0 Å². The average Bonchev–Trinajstić information content (AvgIpc) is 2.49. The highest BCUT2D eigenvalue weighted by Gasteiger charge is 2.39. The van der Waals surface area contributed by atoms with Gasteiger partial charge in [-0.2, -0.15) is 0 Å². The smallest absolute Gasteiger partial charge is 0.330 e. The molecule has 0 aliphatic heterocycles. The lowest BCUT2D eigenvalue weighted by Crippen LogP contribution is -2.50. The van der Waals surface area contributed by atoms with Crippen LogP contribution in [0.2, 0.25) is 0 Å². The van der Waals surface area contributed by atoms with E-state index in [-0.39, 0.29) is 5.97 Å². The predicted molar refractivity (Wildman–Crippen MR) is 79.9 cm³/mol. The molecule has 0 radical (unpaired) electrons. The number of rotatable bonds is 8. The molecule has 0 bridgehead atoms. The van der Waals surface area contributed by atoms with Crippen molar-refractivity contribution in [1.82, 2.24) is 5.32 Å². The van der Waals surface area contributed by atoms with Crippen LogP contribution in [0.25, 0.3) is 0 Å². The second-order valence-electron chi connectivity index (χ2n) is 4.63. The minimum Gasteiger partial charge on any atom is -0.497 e. The molecule has 4 heteroatoms. The summed E-state index contributed by atoms with van der Waals surface area (Å²) >= 11 is 0. The number of carbonyl (C=O) groups is 1. The maximum atomic E-state index is 12.4. The molecule has 1 aromatic rings. The molecule has 0 saturated carbocycles. The summed E-state index contributed by atoms with van der Waals surface area (Å²) in [6.07, 6.45) is 1.59. The van der Waals surface area contributed by atoms with Crippen LogP contribution in [-0.4, -0.2) is 26.2 Å². The van der Waals surface area contributed by atoms with Crippen LogP contribution in [-0.2, 0) is 15.1 Å². The molecule has 4 nitrogen and oxygen atoms in total. The van der Waals surface area contributed by atoms with Gasteiger partial charge in [0.15, 0.2) is 0 Å². The van der Waals surface area contributed by atoms with E-state index in [9.17, 15) is 4.79 Å². The number of nitrogens with one attached hydrogen (secondary N) is 1. The summed E-state index contributed by atoms with van der Waals surface area (Å²) < 4.78 is 10.4. The molecule has 0 fully saturated rings. The molecule has 112 valence electrons. The highest BCUT2D eigenvalue weighted by atomic mass is 16.5. The molecule has 0 aromatic heterocycles. The van der Waals surface area contributed by atoms with Gasteiger partial charge < -0.3 is 9.47 Å². The number of esters is 1. The summed E-state index contributed by atoms with van der Waals surface area (Å²) in [6, 6.07) is 7.57. The fourth-order valence-electron chi connectivity index (χ4n) is 2.23. The van der Waals surface area contributed by atoms with E-state index in [4.69, 9.17) is 9.47 Å². The van der Waals surface area contributed by atoms with Gasteiger partial charge in [-0.05, 0) is 44.0 Å². The Morgan fingerprint density at radius 3 is 2.30 bits per heavy atom. The summed E-state index contributed by atoms with van der Waals surface area (Å²) in [5.74, 6) is 0.555. The predicted octanol–water partition coefficient (Wildman–Crippen LogP) is 2.86. The molecule has 0 aliphatic carbocycles. The Morgan fingerprint density at radius 1 is 1.20 bits per heavy atom. The van der Waals surface area contributed by atoms with Crippen LogP contribution >= 0.6 is 0 Å². The first-order chi connectivity index (χ1) is 9.64. The SMILES string of the molecule is CCCNC(CC)(C(=O)OCC)c1ccc(OC)cc1. The number of methoxy groups -OCH3 is 1. The summed E-state index contributed by atoms with van der Waals surface area (Å²) in [6.45, 7) is 7.03. The Bertz CT molecular complexity index is 416. The minimum absolute atomic E-state index is 0.221. The molecule has 1 N–H and O–H groups in total. The average molecular weight is 279 g/mol. The second kappa shape index (κ2) is 7.90. The molecule has 1 rings (SSSR count). The van der Waals surface area contributed by atoms with E-state index >= 15 is 0 Å². The van der Waals surface area contributed by atoms with Gasteiger partial charge in [0.1, 0.15) is 11.3 Å². The standard InChI is InChI=1S/C16H25NO3/c1-5-12-17-16(6-2,15(18)20-7-3)13-8-10-14(19-4)11-9-13/h8-11,17H,5-7,12H2,1-4H3. The molecule has 1 atom stereocenters. The monoisotopic (exact) mass is 279 g/mol. The van der Waals surface area contributed by atoms with Crippen LogP contribution in [0.3, 0.4) is 0 Å². The Labute approximate surface area is 121 Å². The number of benzene rings is 1. The first-order valence-corrected chi connectivity index (χ1v) is 7.21. The van der Waals surface area contributed by atoms with E-state index in [2.05, 4.69) is 12.2 Å². The van der Waals surface area contributed by atoms with Crippen molar-refractivity contribution >= 4 is 5.97 Å². The lowest BCUT2D eigenvalue weighted by atomic mass is 9.87. The van der Waals surface area contributed by atoms with Crippen molar-refractivity contribution in [3.05, 3.63) is 29.8 Å². The molecule has 0 amide bonds. The van der Waals surface area contributed by atoms with Gasteiger partial charge in [0, 0.05) is 0 Å². The molecule has 0 aliphatic rings. The number of ether oxygens (including phenoxy) is 2. The Hall–Kier alpha value is -1.55. The highest BCUT2D eigenvalue weighted by molar-refractivity contribution is 5.82. The van der Waals surface area contributed by atoms with E-state index in [0.717, 1.165) is 24.3 Å². The molecular formula is C16H25NO3. The number of carbonyl (C=O) groups excluding carboxylic acids is 1. The molecule has 20 heavy (non-hydrogen) atoms. The first-order valence-electron chi connectivity index (χ1n) is 7.21. The molecule has 0 spiro atoms. The van der Waals surface area contributed by atoms with Crippen molar-refractivity contribution in [2.45, 2.75) is 39.2 Å². The highest BCUT2D eigenvalue weighted by Crippen LogP contribution is 2.28. The fraction of sp³-hybridized carbons (Fsp3) is 0.562. The number of hydrogen-bond donors (Lipinski definition) is 1. The van der Waals surface area contributed by atoms with Crippen molar-refractivity contribution in [2.75, 3.05) is 20.3 Å². The third-order valence-corrected chi connectivity index (χ3v) is 3.41. The van der Waals surface area contributed by atoms with Crippen LogP contribution in [0.1, 0.15) is 39.2 Å². The minimum atomic E-state index is -0.779. The fourth-order valence-corrected chi connectivity index (χ4v) is 2.23. The molecule has 1 aromatic carbocycles. The van der Waals surface area contributed by atoms with Gasteiger partial charge in [0.25, 0.3) is 0 Å². The zero-order chi connectivity index (χ0) is 15.0. The Morgan fingerprint density at radius 2 is 1.85 bits per heavy atom. The summed E-state index contributed by atoms with van der Waals surface area (Å²) in [7, 11) is 1.63. The van der Waals surface area contributed by atoms with E-state index in [1.165, 1.54) is 0 Å². The topological polar surface area (TPSA) is 47.6 Å². The quantitative estimate of drug-likeness (QED) is 0.743. The van der Waals surface area contributed by atoms with Crippen molar-refractivity contribution < 1.29 is 14.3 Å². The van der Waals surface area contributed by atoms with Crippen LogP contribution in [0.4, 0.5) is 0 Å². The third kappa shape index (κ3) is 3.51. The lowest BCUT2D eigenvalue weighted by Gasteiger charge is -2.32. The zero-order valence-electron chi connectivity index (χ0n) is 12.9. The maximum Gasteiger partial charge on any atom is 0.330 e. The van der Waals surface area contributed by atoms with Crippen LogP contribution in [0, 0.1) is 0 Å². The third-order valence-electron chi connectivity index (χ3n) is 3.41. The van der Waals surface area contributed by atoms with E-state index in [1.54, 1.807) is 7.11 Å². The van der Waals surface area contributed by atoms with Gasteiger partial charge in [-0.25, -0.2) is 4.79 Å². The molecule has 1 unspecified atom stereocenters. The van der Waals surface area contributed by atoms with Crippen LogP contribution in [0.15, 0.2) is 24.3 Å². The summed E-state index contributed by atoms with van der Waals surface area (Å²) in [5, 5.41) is 3.36. The Balaban J connectivity index is 3.14.